The van der Waals surface area contributed by atoms with Gasteiger partial charge in [-0.2, -0.15) is 0 Å². The van der Waals surface area contributed by atoms with Crippen molar-refractivity contribution in [2.75, 3.05) is 0 Å². The average Bonchev–Trinajstić information content (AvgIpc) is 2.58. The molecule has 0 aliphatic carbocycles. The van der Waals surface area contributed by atoms with Gasteiger partial charge in [0.05, 0.1) is 0 Å². The summed E-state index contributed by atoms with van der Waals surface area (Å²) in [5, 5.41) is 1.38. The Kier molecular flexibility index (Phi) is 3.37. The lowest BCUT2D eigenvalue weighted by Gasteiger charge is -2.05. The van der Waals surface area contributed by atoms with Crippen LogP contribution in [0.5, 0.6) is 0 Å². The van der Waals surface area contributed by atoms with Crippen LogP contribution in [0.3, 0.4) is 0 Å². The van der Waals surface area contributed by atoms with Crippen molar-refractivity contribution in [3.8, 4) is 0 Å². The highest BCUT2D eigenvalue weighted by Gasteiger charge is 2.10. The van der Waals surface area contributed by atoms with Crippen LogP contribution in [-0.2, 0) is 6.54 Å². The van der Waals surface area contributed by atoms with Gasteiger partial charge in [0.25, 0.3) is 0 Å². The van der Waals surface area contributed by atoms with Gasteiger partial charge in [-0.25, -0.2) is 0 Å². The zero-order valence-corrected chi connectivity index (χ0v) is 11.2. The summed E-state index contributed by atoms with van der Waals surface area (Å²) in [6, 6.07) is 6.73. The van der Waals surface area contributed by atoms with Crippen LogP contribution in [0.25, 0.3) is 17.0 Å². The largest absolute Gasteiger partial charge is 0.341 e. The molecule has 2 aromatic rings. The number of aryl methyl sites for hydroxylation is 3. The standard InChI is InChI=1S/C16H21N/c1-5-7-8-15-13(4)14-10-9-12(3)11-16(14)17(15)6-2/h7-11H,5-6H2,1-4H3/b8-7-. The van der Waals surface area contributed by atoms with E-state index in [1.54, 1.807) is 0 Å². The molecule has 90 valence electrons. The first kappa shape index (κ1) is 12.0. The van der Waals surface area contributed by atoms with E-state index in [1.807, 2.05) is 0 Å². The molecule has 0 spiro atoms. The molecule has 0 atom stereocenters. The second-order valence-electron chi connectivity index (χ2n) is 4.59. The number of benzene rings is 1. The summed E-state index contributed by atoms with van der Waals surface area (Å²) >= 11 is 0. The molecule has 17 heavy (non-hydrogen) atoms. The molecule has 1 aromatic heterocycles. The molecular formula is C16H21N. The van der Waals surface area contributed by atoms with Crippen molar-refractivity contribution < 1.29 is 0 Å². The molecule has 0 N–H and O–H groups in total. The van der Waals surface area contributed by atoms with E-state index in [0.29, 0.717) is 0 Å². The van der Waals surface area contributed by atoms with E-state index in [0.717, 1.165) is 13.0 Å². The van der Waals surface area contributed by atoms with Crippen molar-refractivity contribution in [3.05, 3.63) is 41.1 Å². The molecule has 0 radical (unpaired) electrons. The fourth-order valence-corrected chi connectivity index (χ4v) is 2.44. The van der Waals surface area contributed by atoms with Gasteiger partial charge in [0, 0.05) is 23.1 Å². The van der Waals surface area contributed by atoms with E-state index in [4.69, 9.17) is 0 Å². The van der Waals surface area contributed by atoms with Crippen molar-refractivity contribution >= 4 is 17.0 Å². The predicted octanol–water partition coefficient (Wildman–Crippen LogP) is 4.70. The van der Waals surface area contributed by atoms with Crippen molar-refractivity contribution in [2.24, 2.45) is 0 Å². The lowest BCUT2D eigenvalue weighted by atomic mass is 10.1. The molecule has 0 fully saturated rings. The number of aromatic nitrogens is 1. The van der Waals surface area contributed by atoms with Gasteiger partial charge >= 0.3 is 0 Å². The molecule has 0 saturated heterocycles. The lowest BCUT2D eigenvalue weighted by molar-refractivity contribution is 0.786. The number of hydrogen-bond donors (Lipinski definition) is 0. The second-order valence-corrected chi connectivity index (χ2v) is 4.59. The minimum Gasteiger partial charge on any atom is -0.341 e. The zero-order valence-electron chi connectivity index (χ0n) is 11.2. The number of nitrogens with zero attached hydrogens (tertiary/aromatic N) is 1. The zero-order chi connectivity index (χ0) is 12.4. The Hall–Kier alpha value is -1.50. The summed E-state index contributed by atoms with van der Waals surface area (Å²) < 4.78 is 2.41. The summed E-state index contributed by atoms with van der Waals surface area (Å²) in [5.41, 5.74) is 5.44. The van der Waals surface area contributed by atoms with Crippen molar-refractivity contribution in [2.45, 2.75) is 40.7 Å². The third-order valence-electron chi connectivity index (χ3n) is 3.35. The van der Waals surface area contributed by atoms with E-state index >= 15 is 0 Å². The first-order valence-corrected chi connectivity index (χ1v) is 6.45. The Morgan fingerprint density at radius 1 is 1.18 bits per heavy atom. The Bertz CT molecular complexity index is 558. The van der Waals surface area contributed by atoms with E-state index in [9.17, 15) is 0 Å². The van der Waals surface area contributed by atoms with Gasteiger partial charge in [0.2, 0.25) is 0 Å². The SMILES string of the molecule is CC/C=C\c1c(C)c2ccc(C)cc2n1CC. The predicted molar refractivity (Wildman–Crippen MR) is 76.4 cm³/mol. The first-order valence-electron chi connectivity index (χ1n) is 6.45. The Balaban J connectivity index is 2.74. The van der Waals surface area contributed by atoms with Gasteiger partial charge in [0.1, 0.15) is 0 Å². The van der Waals surface area contributed by atoms with Crippen LogP contribution in [0, 0.1) is 13.8 Å². The maximum absolute atomic E-state index is 2.41. The first-order chi connectivity index (χ1) is 8.19. The Labute approximate surface area is 104 Å². The maximum Gasteiger partial charge on any atom is 0.0490 e. The van der Waals surface area contributed by atoms with Gasteiger partial charge in [-0.15, -0.1) is 0 Å². The summed E-state index contributed by atoms with van der Waals surface area (Å²) in [4.78, 5) is 0. The van der Waals surface area contributed by atoms with Gasteiger partial charge in [0.15, 0.2) is 0 Å². The van der Waals surface area contributed by atoms with Gasteiger partial charge in [-0.3, -0.25) is 0 Å². The quantitative estimate of drug-likeness (QED) is 0.716. The summed E-state index contributed by atoms with van der Waals surface area (Å²) in [6.45, 7) is 9.79. The molecule has 0 saturated carbocycles. The van der Waals surface area contributed by atoms with Crippen LogP contribution >= 0.6 is 0 Å². The number of hydrogen-bond acceptors (Lipinski definition) is 0. The molecule has 1 heteroatoms. The number of rotatable bonds is 3. The van der Waals surface area contributed by atoms with Crippen LogP contribution in [0.4, 0.5) is 0 Å². The molecule has 1 heterocycles. The van der Waals surface area contributed by atoms with E-state index < -0.39 is 0 Å². The van der Waals surface area contributed by atoms with E-state index in [-0.39, 0.29) is 0 Å². The van der Waals surface area contributed by atoms with Crippen LogP contribution < -0.4 is 0 Å². The van der Waals surface area contributed by atoms with Crippen molar-refractivity contribution in [1.29, 1.82) is 0 Å². The van der Waals surface area contributed by atoms with Crippen LogP contribution in [0.1, 0.15) is 37.1 Å². The summed E-state index contributed by atoms with van der Waals surface area (Å²) in [6.07, 6.45) is 5.58. The molecule has 0 aliphatic rings. The third-order valence-corrected chi connectivity index (χ3v) is 3.35. The lowest BCUT2D eigenvalue weighted by Crippen LogP contribution is -1.96. The molecule has 0 aliphatic heterocycles. The van der Waals surface area contributed by atoms with Gasteiger partial charge in [-0.1, -0.05) is 25.1 Å². The van der Waals surface area contributed by atoms with Crippen LogP contribution in [0.2, 0.25) is 0 Å². The van der Waals surface area contributed by atoms with Crippen LogP contribution in [0.15, 0.2) is 24.3 Å². The molecule has 1 aromatic carbocycles. The number of allylic oxidation sites excluding steroid dienone is 1. The third kappa shape index (κ3) is 2.02. The molecule has 0 bridgehead atoms. The fourth-order valence-electron chi connectivity index (χ4n) is 2.44. The highest BCUT2D eigenvalue weighted by atomic mass is 15.0. The molecule has 2 rings (SSSR count). The Morgan fingerprint density at radius 3 is 2.59 bits per heavy atom. The van der Waals surface area contributed by atoms with Gasteiger partial charge < -0.3 is 4.57 Å². The smallest absolute Gasteiger partial charge is 0.0490 e. The topological polar surface area (TPSA) is 4.93 Å². The molecule has 0 unspecified atom stereocenters. The van der Waals surface area contributed by atoms with Crippen molar-refractivity contribution in [1.82, 2.24) is 4.57 Å². The van der Waals surface area contributed by atoms with E-state index in [1.165, 1.54) is 27.7 Å². The summed E-state index contributed by atoms with van der Waals surface area (Å²) in [5.74, 6) is 0. The number of fused-ring (bicyclic) bond motifs is 1. The van der Waals surface area contributed by atoms with E-state index in [2.05, 4.69) is 62.6 Å². The normalized spacial score (nSPS) is 11.8. The van der Waals surface area contributed by atoms with Crippen molar-refractivity contribution in [3.63, 3.8) is 0 Å². The minimum atomic E-state index is 1.02. The monoisotopic (exact) mass is 227 g/mol. The average molecular weight is 227 g/mol. The maximum atomic E-state index is 2.41. The fraction of sp³-hybridized carbons (Fsp3) is 0.375. The Morgan fingerprint density at radius 2 is 1.94 bits per heavy atom. The molecule has 0 amide bonds. The molecule has 1 nitrogen and oxygen atoms in total. The van der Waals surface area contributed by atoms with Gasteiger partial charge in [-0.05, 0) is 50.5 Å². The second kappa shape index (κ2) is 4.79. The highest BCUT2D eigenvalue weighted by Crippen LogP contribution is 2.27. The minimum absolute atomic E-state index is 1.02. The summed E-state index contributed by atoms with van der Waals surface area (Å²) in [7, 11) is 0. The van der Waals surface area contributed by atoms with Crippen LogP contribution in [-0.4, -0.2) is 4.57 Å². The molecular weight excluding hydrogens is 206 g/mol. The highest BCUT2D eigenvalue weighted by molar-refractivity contribution is 5.88.